The summed E-state index contributed by atoms with van der Waals surface area (Å²) in [5.74, 6) is 0.858. The number of benzene rings is 1. The Labute approximate surface area is 129 Å². The van der Waals surface area contributed by atoms with Gasteiger partial charge in [0.25, 0.3) is 0 Å². The molecule has 2 heterocycles. The third kappa shape index (κ3) is 2.74. The van der Waals surface area contributed by atoms with Crippen LogP contribution in [-0.2, 0) is 0 Å². The topological polar surface area (TPSA) is 32.7 Å². The molecule has 20 heavy (non-hydrogen) atoms. The van der Waals surface area contributed by atoms with E-state index in [-0.39, 0.29) is 5.60 Å². The average molecular weight is 340 g/mol. The van der Waals surface area contributed by atoms with Crippen molar-refractivity contribution in [3.63, 3.8) is 0 Å². The second kappa shape index (κ2) is 5.66. The zero-order valence-corrected chi connectivity index (χ0v) is 13.5. The molecule has 0 bridgehead atoms. The zero-order chi connectivity index (χ0) is 14.2. The fourth-order valence-corrected chi connectivity index (χ4v) is 3.83. The van der Waals surface area contributed by atoms with Crippen LogP contribution in [0.25, 0.3) is 0 Å². The molecule has 2 aliphatic rings. The van der Waals surface area contributed by atoms with Crippen LogP contribution in [0.1, 0.15) is 44.3 Å². The predicted octanol–water partition coefficient (Wildman–Crippen LogP) is 3.51. The first kappa shape index (κ1) is 14.4. The van der Waals surface area contributed by atoms with E-state index in [0.717, 1.165) is 54.7 Å². The lowest BCUT2D eigenvalue weighted by molar-refractivity contribution is -0.0238. The summed E-state index contributed by atoms with van der Waals surface area (Å²) in [6.45, 7) is 5.52. The van der Waals surface area contributed by atoms with Crippen LogP contribution in [0.2, 0.25) is 0 Å². The van der Waals surface area contributed by atoms with Crippen molar-refractivity contribution in [2.75, 3.05) is 19.6 Å². The molecule has 0 aromatic heterocycles. The molecule has 1 N–H and O–H groups in total. The normalized spacial score (nSPS) is 30.6. The van der Waals surface area contributed by atoms with E-state index in [0.29, 0.717) is 6.42 Å². The van der Waals surface area contributed by atoms with Crippen molar-refractivity contribution in [1.82, 2.24) is 4.90 Å². The molecule has 0 aliphatic carbocycles. The van der Waals surface area contributed by atoms with Gasteiger partial charge in [-0.05, 0) is 50.6 Å². The molecule has 1 saturated heterocycles. The highest BCUT2D eigenvalue weighted by atomic mass is 79.9. The van der Waals surface area contributed by atoms with E-state index in [1.54, 1.807) is 0 Å². The monoisotopic (exact) mass is 339 g/mol. The van der Waals surface area contributed by atoms with Gasteiger partial charge in [0, 0.05) is 23.0 Å². The molecule has 1 unspecified atom stereocenters. The fraction of sp³-hybridized carbons (Fsp3) is 0.625. The van der Waals surface area contributed by atoms with Crippen LogP contribution < -0.4 is 4.74 Å². The second-order valence-corrected chi connectivity index (χ2v) is 6.89. The van der Waals surface area contributed by atoms with E-state index >= 15 is 0 Å². The molecule has 1 aromatic rings. The highest BCUT2D eigenvalue weighted by Crippen LogP contribution is 2.44. The molecule has 1 aromatic carbocycles. The van der Waals surface area contributed by atoms with Gasteiger partial charge in [0.15, 0.2) is 0 Å². The van der Waals surface area contributed by atoms with E-state index in [1.165, 1.54) is 0 Å². The number of aliphatic hydroxyl groups is 1. The Morgan fingerprint density at radius 2 is 2.25 bits per heavy atom. The van der Waals surface area contributed by atoms with Gasteiger partial charge in [-0.25, -0.2) is 0 Å². The Kier molecular flexibility index (Phi) is 4.07. The van der Waals surface area contributed by atoms with E-state index in [9.17, 15) is 5.11 Å². The first-order valence-corrected chi connectivity index (χ1v) is 8.30. The van der Waals surface area contributed by atoms with Gasteiger partial charge in [0.2, 0.25) is 0 Å². The number of halogens is 1. The van der Waals surface area contributed by atoms with Gasteiger partial charge in [-0.3, -0.25) is 0 Å². The van der Waals surface area contributed by atoms with Gasteiger partial charge >= 0.3 is 0 Å². The second-order valence-electron chi connectivity index (χ2n) is 5.97. The average Bonchev–Trinajstić information content (AvgIpc) is 2.62. The van der Waals surface area contributed by atoms with Gasteiger partial charge in [-0.1, -0.05) is 22.9 Å². The van der Waals surface area contributed by atoms with Gasteiger partial charge in [-0.2, -0.15) is 0 Å². The summed E-state index contributed by atoms with van der Waals surface area (Å²) in [5.41, 5.74) is 0.742. The standard InChI is InChI=1S/C16H22BrNO2/c1-2-18-8-3-6-16(7-9-18)11-14(19)13-10-12(17)4-5-15(13)20-16/h4-5,10,14,19H,2-3,6-9,11H2,1H3/t14-,16?/m0/s1. The number of fused-ring (bicyclic) bond motifs is 1. The van der Waals surface area contributed by atoms with Gasteiger partial charge in [0.1, 0.15) is 11.4 Å². The summed E-state index contributed by atoms with van der Waals surface area (Å²) < 4.78 is 7.34. The van der Waals surface area contributed by atoms with Crippen LogP contribution in [-0.4, -0.2) is 35.2 Å². The van der Waals surface area contributed by atoms with Crippen LogP contribution in [0.15, 0.2) is 22.7 Å². The summed E-state index contributed by atoms with van der Waals surface area (Å²) in [6.07, 6.45) is 3.49. The molecule has 0 saturated carbocycles. The van der Waals surface area contributed by atoms with Crippen molar-refractivity contribution in [1.29, 1.82) is 0 Å². The lowest BCUT2D eigenvalue weighted by Gasteiger charge is -2.40. The maximum absolute atomic E-state index is 10.5. The van der Waals surface area contributed by atoms with Crippen molar-refractivity contribution in [3.05, 3.63) is 28.2 Å². The van der Waals surface area contributed by atoms with Crippen molar-refractivity contribution in [2.24, 2.45) is 0 Å². The third-order valence-electron chi connectivity index (χ3n) is 4.66. The largest absolute Gasteiger partial charge is 0.487 e. The summed E-state index contributed by atoms with van der Waals surface area (Å²) in [4.78, 5) is 2.47. The number of rotatable bonds is 1. The van der Waals surface area contributed by atoms with E-state index in [4.69, 9.17) is 4.74 Å². The van der Waals surface area contributed by atoms with Crippen molar-refractivity contribution in [2.45, 2.75) is 44.3 Å². The van der Waals surface area contributed by atoms with E-state index in [2.05, 4.69) is 27.8 Å². The summed E-state index contributed by atoms with van der Waals surface area (Å²) in [6, 6.07) is 5.94. The number of hydrogen-bond acceptors (Lipinski definition) is 3. The van der Waals surface area contributed by atoms with Crippen LogP contribution in [0, 0.1) is 0 Å². The predicted molar refractivity (Wildman–Crippen MR) is 83.0 cm³/mol. The maximum Gasteiger partial charge on any atom is 0.126 e. The third-order valence-corrected chi connectivity index (χ3v) is 5.15. The molecule has 110 valence electrons. The minimum Gasteiger partial charge on any atom is -0.487 e. The Bertz CT molecular complexity index is 493. The molecule has 1 fully saturated rings. The number of nitrogens with zero attached hydrogens (tertiary/aromatic N) is 1. The van der Waals surface area contributed by atoms with Gasteiger partial charge < -0.3 is 14.7 Å². The first-order chi connectivity index (χ1) is 9.62. The molecule has 2 atom stereocenters. The summed E-state index contributed by atoms with van der Waals surface area (Å²) in [7, 11) is 0. The zero-order valence-electron chi connectivity index (χ0n) is 11.9. The summed E-state index contributed by atoms with van der Waals surface area (Å²) >= 11 is 3.46. The minimum absolute atomic E-state index is 0.176. The SMILES string of the molecule is CCN1CCCC2(CC1)C[C@H](O)c1cc(Br)ccc1O2. The van der Waals surface area contributed by atoms with Crippen LogP contribution in [0.5, 0.6) is 5.75 Å². The van der Waals surface area contributed by atoms with E-state index < -0.39 is 6.10 Å². The van der Waals surface area contributed by atoms with Crippen molar-refractivity contribution < 1.29 is 9.84 Å². The number of likely N-dealkylation sites (tertiary alicyclic amines) is 1. The molecular weight excluding hydrogens is 318 g/mol. The van der Waals surface area contributed by atoms with Crippen LogP contribution >= 0.6 is 15.9 Å². The maximum atomic E-state index is 10.5. The molecule has 4 heteroatoms. The van der Waals surface area contributed by atoms with Gasteiger partial charge in [-0.15, -0.1) is 0 Å². The Morgan fingerprint density at radius 3 is 3.05 bits per heavy atom. The van der Waals surface area contributed by atoms with Crippen LogP contribution in [0.3, 0.4) is 0 Å². The van der Waals surface area contributed by atoms with Crippen LogP contribution in [0.4, 0.5) is 0 Å². The molecular formula is C16H22BrNO2. The quantitative estimate of drug-likeness (QED) is 0.849. The lowest BCUT2D eigenvalue weighted by atomic mass is 9.83. The smallest absolute Gasteiger partial charge is 0.126 e. The number of ether oxygens (including phenoxy) is 1. The first-order valence-electron chi connectivity index (χ1n) is 7.51. The molecule has 2 aliphatic heterocycles. The molecule has 1 spiro atoms. The minimum atomic E-state index is -0.413. The fourth-order valence-electron chi connectivity index (χ4n) is 3.46. The molecule has 0 amide bonds. The number of aliphatic hydroxyl groups excluding tert-OH is 1. The Morgan fingerprint density at radius 1 is 1.40 bits per heavy atom. The Balaban J connectivity index is 1.85. The molecule has 3 nitrogen and oxygen atoms in total. The van der Waals surface area contributed by atoms with Gasteiger partial charge in [0.05, 0.1) is 6.10 Å². The van der Waals surface area contributed by atoms with E-state index in [1.807, 2.05) is 18.2 Å². The highest BCUT2D eigenvalue weighted by Gasteiger charge is 2.41. The summed E-state index contributed by atoms with van der Waals surface area (Å²) in [5, 5.41) is 10.5. The lowest BCUT2D eigenvalue weighted by Crippen LogP contribution is -2.42. The highest BCUT2D eigenvalue weighted by molar-refractivity contribution is 9.10. The molecule has 0 radical (unpaired) electrons. The molecule has 3 rings (SSSR count). The van der Waals surface area contributed by atoms with Crippen molar-refractivity contribution in [3.8, 4) is 5.75 Å². The number of hydrogen-bond donors (Lipinski definition) is 1. The van der Waals surface area contributed by atoms with Crippen molar-refractivity contribution >= 4 is 15.9 Å². The Hall–Kier alpha value is -0.580.